The molecule has 0 aromatic heterocycles. The summed E-state index contributed by atoms with van der Waals surface area (Å²) in [7, 11) is -3.20. The molecule has 2 heterocycles. The Morgan fingerprint density at radius 2 is 2.00 bits per heavy atom. The molecule has 2 atom stereocenters. The Balaban J connectivity index is 1.59. The van der Waals surface area contributed by atoms with Gasteiger partial charge in [-0.15, -0.1) is 0 Å². The minimum atomic E-state index is -3.20. The molecule has 0 bridgehead atoms. The van der Waals surface area contributed by atoms with Gasteiger partial charge in [-0.3, -0.25) is 4.79 Å². The van der Waals surface area contributed by atoms with E-state index >= 15 is 0 Å². The van der Waals surface area contributed by atoms with E-state index in [4.69, 9.17) is 16.3 Å². The molecule has 29 heavy (non-hydrogen) atoms. The zero-order chi connectivity index (χ0) is 20.6. The van der Waals surface area contributed by atoms with Crippen LogP contribution in [-0.2, 0) is 14.6 Å². The van der Waals surface area contributed by atoms with E-state index in [1.807, 2.05) is 6.07 Å². The first-order chi connectivity index (χ1) is 13.8. The number of carbonyl (C=O) groups is 1. The monoisotopic (exact) mass is 454 g/mol. The Morgan fingerprint density at radius 3 is 2.72 bits per heavy atom. The summed E-state index contributed by atoms with van der Waals surface area (Å²) in [4.78, 5) is 18.2. The van der Waals surface area contributed by atoms with Crippen LogP contribution in [0.25, 0.3) is 0 Å². The molecule has 1 amide bonds. The van der Waals surface area contributed by atoms with Crippen molar-refractivity contribution in [2.45, 2.75) is 11.3 Å². The van der Waals surface area contributed by atoms with E-state index in [0.717, 1.165) is 0 Å². The van der Waals surface area contributed by atoms with Crippen molar-refractivity contribution >= 4 is 50.0 Å². The first kappa shape index (κ1) is 20.2. The molecule has 0 spiro atoms. The van der Waals surface area contributed by atoms with E-state index < -0.39 is 27.6 Å². The van der Waals surface area contributed by atoms with Gasteiger partial charge in [0.15, 0.2) is 21.6 Å². The molecule has 0 aliphatic carbocycles. The number of sulfone groups is 1. The number of amides is 1. The number of anilines is 1. The van der Waals surface area contributed by atoms with E-state index in [1.54, 1.807) is 29.2 Å². The highest BCUT2D eigenvalue weighted by Gasteiger charge is 2.49. The standard InChI is InChI=1S/C19H16ClFN2O4S2/c20-14-8-12(6-7-15(14)21)23-16-10-29(25,26)11-17(16)28-19(23)22-18(24)9-27-13-4-2-1-3-5-13/h1-8,16-17H,9-11H2/t16-,17-/m1/s1. The molecule has 0 unspecified atom stereocenters. The normalized spacial score (nSPS) is 23.9. The Hall–Kier alpha value is -2.10. The molecule has 10 heteroatoms. The average molecular weight is 455 g/mol. The lowest BCUT2D eigenvalue weighted by Gasteiger charge is -2.24. The number of ether oxygens (including phenoxy) is 1. The van der Waals surface area contributed by atoms with Crippen molar-refractivity contribution in [3.63, 3.8) is 0 Å². The Labute approximate surface area is 176 Å². The van der Waals surface area contributed by atoms with Crippen LogP contribution in [0.2, 0.25) is 5.02 Å². The fourth-order valence-electron chi connectivity index (χ4n) is 3.30. The molecule has 2 aromatic rings. The van der Waals surface area contributed by atoms with Crippen molar-refractivity contribution in [2.24, 2.45) is 4.99 Å². The van der Waals surface area contributed by atoms with E-state index in [1.165, 1.54) is 30.0 Å². The van der Waals surface area contributed by atoms with Gasteiger partial charge in [0.1, 0.15) is 11.6 Å². The van der Waals surface area contributed by atoms with Crippen LogP contribution in [0, 0.1) is 5.82 Å². The van der Waals surface area contributed by atoms with Crippen molar-refractivity contribution in [3.05, 3.63) is 59.4 Å². The summed E-state index contributed by atoms with van der Waals surface area (Å²) in [6.07, 6.45) is 0. The molecule has 152 valence electrons. The number of benzene rings is 2. The van der Waals surface area contributed by atoms with Crippen LogP contribution in [0.1, 0.15) is 0 Å². The number of halogens is 2. The number of amidine groups is 1. The summed E-state index contributed by atoms with van der Waals surface area (Å²) in [6, 6.07) is 12.6. The van der Waals surface area contributed by atoms with Crippen molar-refractivity contribution in [1.82, 2.24) is 0 Å². The number of thioether (sulfide) groups is 1. The lowest BCUT2D eigenvalue weighted by Crippen LogP contribution is -2.37. The number of fused-ring (bicyclic) bond motifs is 1. The molecule has 2 aliphatic heterocycles. The second-order valence-corrected chi connectivity index (χ2v) is 10.4. The molecule has 2 saturated heterocycles. The Bertz CT molecular complexity index is 1080. The predicted molar refractivity (Wildman–Crippen MR) is 112 cm³/mol. The summed E-state index contributed by atoms with van der Waals surface area (Å²) in [6.45, 7) is -0.250. The van der Waals surface area contributed by atoms with Gasteiger partial charge >= 0.3 is 0 Å². The molecule has 6 nitrogen and oxygen atoms in total. The van der Waals surface area contributed by atoms with Gasteiger partial charge in [-0.2, -0.15) is 4.99 Å². The molecule has 2 aromatic carbocycles. The molecule has 2 fully saturated rings. The predicted octanol–water partition coefficient (Wildman–Crippen LogP) is 3.16. The third-order valence-electron chi connectivity index (χ3n) is 4.57. The second kappa shape index (κ2) is 7.97. The molecule has 0 radical (unpaired) electrons. The molecule has 4 rings (SSSR count). The van der Waals surface area contributed by atoms with Gasteiger partial charge in [-0.05, 0) is 30.3 Å². The molecule has 2 aliphatic rings. The highest BCUT2D eigenvalue weighted by molar-refractivity contribution is 8.16. The van der Waals surface area contributed by atoms with Crippen molar-refractivity contribution < 1.29 is 22.3 Å². The average Bonchev–Trinajstić information content (AvgIpc) is 3.14. The van der Waals surface area contributed by atoms with Crippen LogP contribution in [-0.4, -0.2) is 48.9 Å². The first-order valence-corrected chi connectivity index (χ1v) is 11.8. The van der Waals surface area contributed by atoms with Crippen LogP contribution in [0.3, 0.4) is 0 Å². The SMILES string of the molecule is O=C(COc1ccccc1)N=C1S[C@@H]2CS(=O)(=O)C[C@H]2N1c1ccc(F)c(Cl)c1. The van der Waals surface area contributed by atoms with Crippen molar-refractivity contribution in [3.8, 4) is 5.75 Å². The van der Waals surface area contributed by atoms with E-state index in [9.17, 15) is 17.6 Å². The van der Waals surface area contributed by atoms with Gasteiger partial charge in [0.05, 0.1) is 22.6 Å². The highest BCUT2D eigenvalue weighted by Crippen LogP contribution is 2.41. The molecule has 0 saturated carbocycles. The van der Waals surface area contributed by atoms with Crippen LogP contribution in [0.15, 0.2) is 53.5 Å². The zero-order valence-electron chi connectivity index (χ0n) is 15.0. The van der Waals surface area contributed by atoms with E-state index in [-0.39, 0.29) is 28.4 Å². The number of para-hydroxylation sites is 1. The third-order valence-corrected chi connectivity index (χ3v) is 8.07. The lowest BCUT2D eigenvalue weighted by molar-refractivity contribution is -0.119. The van der Waals surface area contributed by atoms with Crippen LogP contribution in [0.4, 0.5) is 10.1 Å². The number of nitrogens with zero attached hydrogens (tertiary/aromatic N) is 2. The number of aliphatic imine (C=N–C) groups is 1. The van der Waals surface area contributed by atoms with Gasteiger partial charge in [0.25, 0.3) is 5.91 Å². The number of carbonyl (C=O) groups excluding carboxylic acids is 1. The Kier molecular flexibility index (Phi) is 5.54. The maximum absolute atomic E-state index is 13.6. The maximum atomic E-state index is 13.6. The molecular formula is C19H16ClFN2O4S2. The first-order valence-electron chi connectivity index (χ1n) is 8.73. The second-order valence-electron chi connectivity index (χ2n) is 6.66. The third kappa shape index (κ3) is 4.41. The van der Waals surface area contributed by atoms with Crippen LogP contribution in [0.5, 0.6) is 5.75 Å². The van der Waals surface area contributed by atoms with Crippen molar-refractivity contribution in [2.75, 3.05) is 23.0 Å². The number of hydrogen-bond donors (Lipinski definition) is 0. The summed E-state index contributed by atoms with van der Waals surface area (Å²) >= 11 is 7.14. The highest BCUT2D eigenvalue weighted by atomic mass is 35.5. The quantitative estimate of drug-likeness (QED) is 0.706. The fourth-order valence-corrected chi connectivity index (χ4v) is 7.41. The largest absolute Gasteiger partial charge is 0.484 e. The molecule has 0 N–H and O–H groups in total. The maximum Gasteiger partial charge on any atom is 0.285 e. The van der Waals surface area contributed by atoms with E-state index in [0.29, 0.717) is 16.6 Å². The minimum Gasteiger partial charge on any atom is -0.484 e. The topological polar surface area (TPSA) is 76.0 Å². The van der Waals surface area contributed by atoms with E-state index in [2.05, 4.69) is 4.99 Å². The van der Waals surface area contributed by atoms with Gasteiger partial charge in [0, 0.05) is 10.9 Å². The smallest absolute Gasteiger partial charge is 0.285 e. The summed E-state index contributed by atoms with van der Waals surface area (Å²) in [5, 5.41) is 0.0135. The fraction of sp³-hybridized carbons (Fsp3) is 0.263. The van der Waals surface area contributed by atoms with Gasteiger partial charge in [-0.1, -0.05) is 41.6 Å². The van der Waals surface area contributed by atoms with Gasteiger partial charge < -0.3 is 9.64 Å². The zero-order valence-corrected chi connectivity index (χ0v) is 17.4. The van der Waals surface area contributed by atoms with Crippen LogP contribution >= 0.6 is 23.4 Å². The van der Waals surface area contributed by atoms with Crippen LogP contribution < -0.4 is 9.64 Å². The summed E-state index contributed by atoms with van der Waals surface area (Å²) in [5.41, 5.74) is 0.490. The van der Waals surface area contributed by atoms with Gasteiger partial charge in [0.2, 0.25) is 0 Å². The lowest BCUT2D eigenvalue weighted by atomic mass is 10.2. The summed E-state index contributed by atoms with van der Waals surface area (Å²) < 4.78 is 43.2. The number of rotatable bonds is 4. The Morgan fingerprint density at radius 1 is 1.24 bits per heavy atom. The minimum absolute atomic E-state index is 0.00147. The number of hydrogen-bond acceptors (Lipinski definition) is 5. The van der Waals surface area contributed by atoms with Gasteiger partial charge in [-0.25, -0.2) is 12.8 Å². The summed E-state index contributed by atoms with van der Waals surface area (Å²) in [5.74, 6) is -0.596. The van der Waals surface area contributed by atoms with Crippen molar-refractivity contribution in [1.29, 1.82) is 0 Å². The molecular weight excluding hydrogens is 439 g/mol.